The van der Waals surface area contributed by atoms with Crippen LogP contribution in [0.4, 0.5) is 0 Å². The summed E-state index contributed by atoms with van der Waals surface area (Å²) in [5, 5.41) is 5.20. The molecule has 1 fully saturated rings. The van der Waals surface area contributed by atoms with Crippen molar-refractivity contribution in [2.75, 3.05) is 33.4 Å². The predicted molar refractivity (Wildman–Crippen MR) is 107 cm³/mol. The summed E-state index contributed by atoms with van der Waals surface area (Å²) in [6, 6.07) is -0.868. The Labute approximate surface area is 175 Å². The lowest BCUT2D eigenvalue weighted by atomic mass is 10.1. The Bertz CT molecular complexity index is 614. The maximum atomic E-state index is 12.2. The number of nitrogens with zero attached hydrogens (tertiary/aromatic N) is 1. The fourth-order valence-corrected chi connectivity index (χ4v) is 2.79. The third-order valence-corrected chi connectivity index (χ3v) is 4.55. The van der Waals surface area contributed by atoms with Gasteiger partial charge >= 0.3 is 11.9 Å². The summed E-state index contributed by atoms with van der Waals surface area (Å²) in [6.45, 7) is 4.71. The topological polar surface area (TPSA) is 123 Å². The van der Waals surface area contributed by atoms with Crippen LogP contribution in [0.2, 0.25) is 0 Å². The van der Waals surface area contributed by atoms with E-state index in [2.05, 4.69) is 10.6 Å². The quantitative estimate of drug-likeness (QED) is 0.277. The molecule has 1 aliphatic rings. The molecule has 1 saturated heterocycles. The number of esters is 2. The van der Waals surface area contributed by atoms with Gasteiger partial charge in [0.05, 0.1) is 25.6 Å². The summed E-state index contributed by atoms with van der Waals surface area (Å²) < 4.78 is 14.9. The number of amides is 2. The Morgan fingerprint density at radius 3 is 2.66 bits per heavy atom. The van der Waals surface area contributed by atoms with Crippen LogP contribution in [0.25, 0.3) is 0 Å². The zero-order valence-electron chi connectivity index (χ0n) is 17.0. The molecule has 0 aliphatic carbocycles. The summed E-state index contributed by atoms with van der Waals surface area (Å²) >= 11 is 5.24. The molecule has 1 rings (SSSR count). The van der Waals surface area contributed by atoms with Gasteiger partial charge in [-0.1, -0.05) is 6.92 Å². The minimum Gasteiger partial charge on any atom is -0.463 e. The average Bonchev–Trinajstić information content (AvgIpc) is 2.67. The van der Waals surface area contributed by atoms with E-state index in [-0.39, 0.29) is 49.6 Å². The maximum absolute atomic E-state index is 12.2. The highest BCUT2D eigenvalue weighted by molar-refractivity contribution is 7.80. The lowest BCUT2D eigenvalue weighted by Crippen LogP contribution is -2.60. The van der Waals surface area contributed by atoms with E-state index in [1.807, 2.05) is 6.92 Å². The summed E-state index contributed by atoms with van der Waals surface area (Å²) in [5.41, 5.74) is 0. The van der Waals surface area contributed by atoms with E-state index < -0.39 is 23.9 Å². The molecule has 2 N–H and O–H groups in total. The summed E-state index contributed by atoms with van der Waals surface area (Å²) in [4.78, 5) is 49.4. The number of rotatable bonds is 10. The first kappa shape index (κ1) is 24.8. The fraction of sp³-hybridized carbons (Fsp3) is 0.722. The standard InChI is InChI=1S/C18H29N3O7S/c1-4-12(2)28-16(24)11-13-17(25)19-7-8-21(13)18(29)20-14(22)5-6-15(23)27-10-9-26-3/h12-13H,4-11H2,1-3H3,(H,19,25)(H,20,22,29). The van der Waals surface area contributed by atoms with E-state index in [0.29, 0.717) is 19.5 Å². The molecule has 29 heavy (non-hydrogen) atoms. The Morgan fingerprint density at radius 2 is 2.00 bits per heavy atom. The molecule has 0 aromatic rings. The fourth-order valence-electron chi connectivity index (χ4n) is 2.45. The molecule has 0 radical (unpaired) electrons. The molecule has 11 heteroatoms. The van der Waals surface area contributed by atoms with E-state index in [0.717, 1.165) is 0 Å². The van der Waals surface area contributed by atoms with Crippen molar-refractivity contribution in [2.45, 2.75) is 51.7 Å². The van der Waals surface area contributed by atoms with Crippen molar-refractivity contribution in [3.8, 4) is 0 Å². The monoisotopic (exact) mass is 431 g/mol. The second kappa shape index (κ2) is 13.0. The van der Waals surface area contributed by atoms with Crippen molar-refractivity contribution < 1.29 is 33.4 Å². The second-order valence-electron chi connectivity index (χ2n) is 6.48. The zero-order chi connectivity index (χ0) is 21.8. The van der Waals surface area contributed by atoms with Crippen molar-refractivity contribution in [3.63, 3.8) is 0 Å². The molecule has 1 heterocycles. The van der Waals surface area contributed by atoms with Gasteiger partial charge in [0.1, 0.15) is 12.6 Å². The van der Waals surface area contributed by atoms with Crippen LogP contribution in [0.1, 0.15) is 39.5 Å². The molecule has 2 unspecified atom stereocenters. The van der Waals surface area contributed by atoms with Crippen molar-refractivity contribution in [1.29, 1.82) is 0 Å². The van der Waals surface area contributed by atoms with Crippen LogP contribution in [0.3, 0.4) is 0 Å². The van der Waals surface area contributed by atoms with E-state index in [1.54, 1.807) is 6.92 Å². The van der Waals surface area contributed by atoms with Crippen molar-refractivity contribution in [1.82, 2.24) is 15.5 Å². The third kappa shape index (κ3) is 9.18. The summed E-state index contributed by atoms with van der Waals surface area (Å²) in [7, 11) is 1.49. The SMILES string of the molecule is CCC(C)OC(=O)CC1C(=O)NCCN1C(=S)NC(=O)CCC(=O)OCCOC. The van der Waals surface area contributed by atoms with Gasteiger partial charge in [0.25, 0.3) is 0 Å². The summed E-state index contributed by atoms with van der Waals surface area (Å²) in [6.07, 6.45) is 0.000757. The largest absolute Gasteiger partial charge is 0.463 e. The molecule has 0 saturated carbocycles. The van der Waals surface area contributed by atoms with Crippen LogP contribution in [0, 0.1) is 0 Å². The first-order chi connectivity index (χ1) is 13.8. The zero-order valence-corrected chi connectivity index (χ0v) is 17.8. The number of methoxy groups -OCH3 is 1. The van der Waals surface area contributed by atoms with Gasteiger partial charge in [-0.2, -0.15) is 0 Å². The van der Waals surface area contributed by atoms with Crippen LogP contribution in [0.5, 0.6) is 0 Å². The van der Waals surface area contributed by atoms with Gasteiger partial charge in [0, 0.05) is 26.6 Å². The van der Waals surface area contributed by atoms with Crippen LogP contribution in [0.15, 0.2) is 0 Å². The van der Waals surface area contributed by atoms with Crippen molar-refractivity contribution in [3.05, 3.63) is 0 Å². The van der Waals surface area contributed by atoms with Crippen molar-refractivity contribution >= 4 is 41.1 Å². The highest BCUT2D eigenvalue weighted by Crippen LogP contribution is 2.12. The molecule has 164 valence electrons. The van der Waals surface area contributed by atoms with E-state index in [1.165, 1.54) is 12.0 Å². The van der Waals surface area contributed by atoms with Crippen molar-refractivity contribution in [2.24, 2.45) is 0 Å². The van der Waals surface area contributed by atoms with Crippen LogP contribution >= 0.6 is 12.2 Å². The van der Waals surface area contributed by atoms with Gasteiger partial charge < -0.3 is 29.7 Å². The lowest BCUT2D eigenvalue weighted by molar-refractivity contribution is -0.151. The number of carbonyl (C=O) groups excluding carboxylic acids is 4. The summed E-state index contributed by atoms with van der Waals surface area (Å²) in [5.74, 6) is -1.88. The normalized spacial score (nSPS) is 17.1. The Hall–Kier alpha value is -2.27. The first-order valence-corrected chi connectivity index (χ1v) is 9.91. The molecule has 10 nitrogen and oxygen atoms in total. The molecule has 0 aromatic heterocycles. The number of hydrogen-bond donors (Lipinski definition) is 2. The minimum absolute atomic E-state index is 0.0268. The average molecular weight is 432 g/mol. The number of carbonyl (C=O) groups is 4. The molecular weight excluding hydrogens is 402 g/mol. The number of nitrogens with one attached hydrogen (secondary N) is 2. The smallest absolute Gasteiger partial charge is 0.308 e. The number of hydrogen-bond acceptors (Lipinski definition) is 8. The van der Waals surface area contributed by atoms with Crippen LogP contribution in [-0.4, -0.2) is 79.3 Å². The molecular formula is C18H29N3O7S. The molecule has 0 bridgehead atoms. The Morgan fingerprint density at radius 1 is 1.28 bits per heavy atom. The number of piperazine rings is 1. The Balaban J connectivity index is 2.55. The maximum Gasteiger partial charge on any atom is 0.308 e. The van der Waals surface area contributed by atoms with Gasteiger partial charge in [-0.15, -0.1) is 0 Å². The molecule has 1 aliphatic heterocycles. The van der Waals surface area contributed by atoms with Crippen LogP contribution in [-0.2, 0) is 33.4 Å². The third-order valence-electron chi connectivity index (χ3n) is 4.21. The van der Waals surface area contributed by atoms with Gasteiger partial charge in [0.15, 0.2) is 5.11 Å². The highest BCUT2D eigenvalue weighted by atomic mass is 32.1. The Kier molecular flexibility index (Phi) is 11.1. The molecule has 2 atom stereocenters. The van der Waals surface area contributed by atoms with E-state index in [4.69, 9.17) is 26.4 Å². The van der Waals surface area contributed by atoms with E-state index >= 15 is 0 Å². The molecule has 0 spiro atoms. The van der Waals surface area contributed by atoms with E-state index in [9.17, 15) is 19.2 Å². The van der Waals surface area contributed by atoms with Gasteiger partial charge in [-0.05, 0) is 25.6 Å². The second-order valence-corrected chi connectivity index (χ2v) is 6.87. The predicted octanol–water partition coefficient (Wildman–Crippen LogP) is -0.110. The minimum atomic E-state index is -0.868. The number of thiocarbonyl (C=S) groups is 1. The van der Waals surface area contributed by atoms with Gasteiger partial charge in [-0.25, -0.2) is 0 Å². The highest BCUT2D eigenvalue weighted by Gasteiger charge is 2.34. The lowest BCUT2D eigenvalue weighted by Gasteiger charge is -2.36. The number of ether oxygens (including phenoxy) is 3. The van der Waals surface area contributed by atoms with Gasteiger partial charge in [0.2, 0.25) is 11.8 Å². The first-order valence-electron chi connectivity index (χ1n) is 9.50. The van der Waals surface area contributed by atoms with Crippen LogP contribution < -0.4 is 10.6 Å². The van der Waals surface area contributed by atoms with Gasteiger partial charge in [-0.3, -0.25) is 19.2 Å². The molecule has 2 amide bonds. The molecule has 0 aromatic carbocycles.